The maximum atomic E-state index is 10.1. The molecule has 0 N–H and O–H groups in total. The number of amides is 1. The highest BCUT2D eigenvalue weighted by molar-refractivity contribution is 8.14. The fourth-order valence-electron chi connectivity index (χ4n) is 0.285. The van der Waals surface area contributed by atoms with Gasteiger partial charge in [0, 0.05) is 0 Å². The van der Waals surface area contributed by atoms with Crippen LogP contribution in [0.5, 0.6) is 0 Å². The molecule has 0 aromatic carbocycles. The molecule has 0 saturated carbocycles. The van der Waals surface area contributed by atoms with Crippen LogP contribution < -0.4 is 0 Å². The zero-order valence-corrected chi connectivity index (χ0v) is 4.92. The van der Waals surface area contributed by atoms with Crippen molar-refractivity contribution in [3.8, 4) is 0 Å². The van der Waals surface area contributed by atoms with Crippen molar-refractivity contribution in [2.24, 2.45) is 4.99 Å². The van der Waals surface area contributed by atoms with E-state index in [0.29, 0.717) is 10.9 Å². The van der Waals surface area contributed by atoms with Gasteiger partial charge in [0.1, 0.15) is 5.17 Å². The summed E-state index contributed by atoms with van der Waals surface area (Å²) in [5.74, 6) is 0.556. The van der Waals surface area contributed by atoms with E-state index in [1.165, 1.54) is 0 Å². The number of carbonyl (C=O) groups is 1. The number of halogens is 1. The van der Waals surface area contributed by atoms with Crippen molar-refractivity contribution in [1.82, 2.24) is 0 Å². The first-order valence-electron chi connectivity index (χ1n) is 1.69. The molecule has 2 nitrogen and oxygen atoms in total. The average molecular weight is 136 g/mol. The van der Waals surface area contributed by atoms with Gasteiger partial charge in [0.25, 0.3) is 0 Å². The number of carbonyl (C=O) groups excluding carboxylic acids is 1. The maximum Gasteiger partial charge on any atom is 0.306 e. The van der Waals surface area contributed by atoms with Gasteiger partial charge in [-0.25, -0.2) is 0 Å². The highest BCUT2D eigenvalue weighted by Gasteiger charge is 2.10. The van der Waals surface area contributed by atoms with Gasteiger partial charge in [-0.2, -0.15) is 4.99 Å². The van der Waals surface area contributed by atoms with Gasteiger partial charge in [0.05, 0.1) is 5.75 Å². The molecule has 0 aromatic heterocycles. The fraction of sp³-hybridized carbons (Fsp3) is 0.333. The summed E-state index contributed by atoms with van der Waals surface area (Å²) in [7, 11) is 0. The molecular weight excluding hydrogens is 134 g/mol. The van der Waals surface area contributed by atoms with Gasteiger partial charge in [0.15, 0.2) is 0 Å². The second-order valence-corrected chi connectivity index (χ2v) is 2.41. The molecule has 0 bridgehead atoms. The third-order valence-electron chi connectivity index (χ3n) is 0.527. The predicted octanol–water partition coefficient (Wildman–Crippen LogP) is 1.49. The van der Waals surface area contributed by atoms with Crippen LogP contribution in [0, 0.1) is 0 Å². The first-order valence-corrected chi connectivity index (χ1v) is 3.05. The Hall–Kier alpha value is -0.0200. The van der Waals surface area contributed by atoms with E-state index >= 15 is 0 Å². The minimum absolute atomic E-state index is 0.176. The minimum Gasteiger partial charge on any atom is -0.259 e. The highest BCUT2D eigenvalue weighted by atomic mass is 35.5. The highest BCUT2D eigenvalue weighted by Crippen LogP contribution is 2.14. The van der Waals surface area contributed by atoms with Gasteiger partial charge in [-0.15, -0.1) is 0 Å². The van der Waals surface area contributed by atoms with Gasteiger partial charge >= 0.3 is 5.24 Å². The third kappa shape index (κ3) is 1.17. The van der Waals surface area contributed by atoms with E-state index in [9.17, 15) is 4.79 Å². The average Bonchev–Trinajstić information content (AvgIpc) is 1.87. The number of hydrogen-bond acceptors (Lipinski definition) is 2. The van der Waals surface area contributed by atoms with Crippen LogP contribution in [0.3, 0.4) is 0 Å². The SMILES string of the molecule is O=C1N=C(Cl)CS1. The monoisotopic (exact) mass is 135 g/mol. The first kappa shape index (κ1) is 5.12. The molecule has 0 spiro atoms. The molecular formula is C3H2ClNOS. The molecule has 0 unspecified atom stereocenters. The predicted molar refractivity (Wildman–Crippen MR) is 31.1 cm³/mol. The summed E-state index contributed by atoms with van der Waals surface area (Å²) in [6.07, 6.45) is 0. The molecule has 0 atom stereocenters. The van der Waals surface area contributed by atoms with Crippen LogP contribution in [0.2, 0.25) is 0 Å². The molecule has 38 valence electrons. The van der Waals surface area contributed by atoms with Crippen molar-refractivity contribution in [2.75, 3.05) is 5.75 Å². The largest absolute Gasteiger partial charge is 0.306 e. The third-order valence-corrected chi connectivity index (χ3v) is 1.66. The number of hydrogen-bond donors (Lipinski definition) is 0. The number of aliphatic imine (C=N–C) groups is 1. The summed E-state index contributed by atoms with van der Waals surface area (Å²) >= 11 is 6.45. The molecule has 0 aromatic rings. The summed E-state index contributed by atoms with van der Waals surface area (Å²) in [6, 6.07) is 0. The fourth-order valence-corrected chi connectivity index (χ4v) is 1.06. The number of nitrogens with zero attached hydrogens (tertiary/aromatic N) is 1. The lowest BCUT2D eigenvalue weighted by atomic mass is 10.9. The Morgan fingerprint density at radius 3 is 2.71 bits per heavy atom. The maximum absolute atomic E-state index is 10.1. The Kier molecular flexibility index (Phi) is 1.35. The van der Waals surface area contributed by atoms with Gasteiger partial charge in [-0.05, 0) is 0 Å². The van der Waals surface area contributed by atoms with Gasteiger partial charge in [-0.3, -0.25) is 4.79 Å². The standard InChI is InChI=1S/C3H2ClNOS/c4-2-1-7-3(6)5-2/h1H2. The van der Waals surface area contributed by atoms with Crippen LogP contribution in [0.25, 0.3) is 0 Å². The lowest BCUT2D eigenvalue weighted by molar-refractivity contribution is 0.268. The summed E-state index contributed by atoms with van der Waals surface area (Å²) < 4.78 is 0. The van der Waals surface area contributed by atoms with Crippen LogP contribution in [0.1, 0.15) is 0 Å². The molecule has 0 fully saturated rings. The van der Waals surface area contributed by atoms with E-state index in [1.807, 2.05) is 0 Å². The Bertz CT molecular complexity index is 133. The Balaban J connectivity index is 2.67. The van der Waals surface area contributed by atoms with Crippen molar-refractivity contribution in [3.05, 3.63) is 0 Å². The van der Waals surface area contributed by atoms with E-state index in [-0.39, 0.29) is 5.24 Å². The smallest absolute Gasteiger partial charge is 0.259 e. The van der Waals surface area contributed by atoms with E-state index in [2.05, 4.69) is 4.99 Å². The van der Waals surface area contributed by atoms with Crippen LogP contribution in [-0.2, 0) is 0 Å². The van der Waals surface area contributed by atoms with Crippen molar-refractivity contribution in [1.29, 1.82) is 0 Å². The molecule has 1 aliphatic rings. The van der Waals surface area contributed by atoms with Crippen molar-refractivity contribution in [2.45, 2.75) is 0 Å². The quantitative estimate of drug-likeness (QED) is 0.504. The zero-order chi connectivity index (χ0) is 5.28. The summed E-state index contributed by atoms with van der Waals surface area (Å²) in [5.41, 5.74) is 0. The Morgan fingerprint density at radius 1 is 1.86 bits per heavy atom. The normalized spacial score (nSPS) is 20.1. The molecule has 4 heteroatoms. The lowest BCUT2D eigenvalue weighted by Crippen LogP contribution is -1.79. The van der Waals surface area contributed by atoms with Crippen LogP contribution in [-0.4, -0.2) is 16.2 Å². The van der Waals surface area contributed by atoms with Crippen molar-refractivity contribution < 1.29 is 4.79 Å². The second-order valence-electron chi connectivity index (χ2n) is 1.04. The molecule has 1 rings (SSSR count). The van der Waals surface area contributed by atoms with Gasteiger partial charge < -0.3 is 0 Å². The molecule has 0 aliphatic carbocycles. The van der Waals surface area contributed by atoms with E-state index in [4.69, 9.17) is 11.6 Å². The van der Waals surface area contributed by atoms with Gasteiger partial charge in [0.2, 0.25) is 0 Å². The molecule has 1 aliphatic heterocycles. The Labute approximate surface area is 49.9 Å². The van der Waals surface area contributed by atoms with Crippen molar-refractivity contribution in [3.63, 3.8) is 0 Å². The summed E-state index contributed by atoms with van der Waals surface area (Å²) in [6.45, 7) is 0. The van der Waals surface area contributed by atoms with Crippen LogP contribution in [0.15, 0.2) is 4.99 Å². The summed E-state index contributed by atoms with van der Waals surface area (Å²) in [5, 5.41) is 0.236. The van der Waals surface area contributed by atoms with E-state index < -0.39 is 0 Å². The Morgan fingerprint density at radius 2 is 2.57 bits per heavy atom. The zero-order valence-electron chi connectivity index (χ0n) is 3.35. The number of rotatable bonds is 0. The lowest BCUT2D eigenvalue weighted by Gasteiger charge is -1.71. The van der Waals surface area contributed by atoms with E-state index in [0.717, 1.165) is 11.8 Å². The minimum atomic E-state index is -0.176. The van der Waals surface area contributed by atoms with Crippen LogP contribution >= 0.6 is 23.4 Å². The summed E-state index contributed by atoms with van der Waals surface area (Å²) in [4.78, 5) is 13.5. The number of thioether (sulfide) groups is 1. The molecule has 0 radical (unpaired) electrons. The topological polar surface area (TPSA) is 29.4 Å². The molecule has 1 amide bonds. The van der Waals surface area contributed by atoms with Crippen LogP contribution in [0.4, 0.5) is 4.79 Å². The second kappa shape index (κ2) is 1.84. The van der Waals surface area contributed by atoms with Gasteiger partial charge in [-0.1, -0.05) is 23.4 Å². The molecule has 0 saturated heterocycles. The van der Waals surface area contributed by atoms with Crippen molar-refractivity contribution >= 4 is 33.8 Å². The molecule has 1 heterocycles. The first-order chi connectivity index (χ1) is 3.29. The van der Waals surface area contributed by atoms with E-state index in [1.54, 1.807) is 0 Å². The molecule has 7 heavy (non-hydrogen) atoms.